The average Bonchev–Trinajstić information content (AvgIpc) is 3.38. The van der Waals surface area contributed by atoms with Gasteiger partial charge in [0.1, 0.15) is 6.61 Å². The number of rotatable bonds is 11. The molecular formula is C33H27BrN4O8S. The van der Waals surface area contributed by atoms with E-state index in [1.54, 1.807) is 48.5 Å². The molecule has 0 unspecified atom stereocenters. The number of hydrogen-bond acceptors (Lipinski definition) is 11. The summed E-state index contributed by atoms with van der Waals surface area (Å²) in [5.41, 5.74) is 1.21. The minimum Gasteiger partial charge on any atom is -0.490 e. The Morgan fingerprint density at radius 1 is 1.13 bits per heavy atom. The highest BCUT2D eigenvalue weighted by molar-refractivity contribution is 9.10. The Labute approximate surface area is 280 Å². The van der Waals surface area contributed by atoms with Crippen LogP contribution in [0.15, 0.2) is 80.6 Å². The van der Waals surface area contributed by atoms with E-state index in [9.17, 15) is 25.0 Å². The number of nitriles is 1. The van der Waals surface area contributed by atoms with Gasteiger partial charge in [0.25, 0.3) is 5.56 Å². The first-order valence-electron chi connectivity index (χ1n) is 14.3. The second-order valence-corrected chi connectivity index (χ2v) is 11.8. The number of ether oxygens (including phenoxy) is 4. The minimum absolute atomic E-state index is 0.0234. The fourth-order valence-electron chi connectivity index (χ4n) is 5.00. The zero-order valence-electron chi connectivity index (χ0n) is 25.4. The van der Waals surface area contributed by atoms with Crippen molar-refractivity contribution in [1.82, 2.24) is 4.57 Å². The fraction of sp³-hybridized carbons (Fsp3) is 0.212. The van der Waals surface area contributed by atoms with Gasteiger partial charge >= 0.3 is 11.7 Å². The lowest BCUT2D eigenvalue weighted by Crippen LogP contribution is -2.39. The van der Waals surface area contributed by atoms with E-state index < -0.39 is 22.5 Å². The molecule has 0 amide bonds. The minimum atomic E-state index is -0.899. The summed E-state index contributed by atoms with van der Waals surface area (Å²) in [5.74, 6) is 0.283. The number of benzene rings is 3. The van der Waals surface area contributed by atoms with E-state index in [4.69, 9.17) is 18.9 Å². The molecule has 0 N–H and O–H groups in total. The van der Waals surface area contributed by atoms with Crippen LogP contribution in [0.5, 0.6) is 17.2 Å². The van der Waals surface area contributed by atoms with Gasteiger partial charge in [0, 0.05) is 17.8 Å². The number of esters is 1. The number of nitro benzene ring substituents is 1. The summed E-state index contributed by atoms with van der Waals surface area (Å²) in [5, 5.41) is 21.5. The maximum atomic E-state index is 14.0. The Bertz CT molecular complexity index is 2130. The van der Waals surface area contributed by atoms with Crippen LogP contribution in [0.25, 0.3) is 6.08 Å². The zero-order valence-corrected chi connectivity index (χ0v) is 27.8. The van der Waals surface area contributed by atoms with E-state index in [0.29, 0.717) is 51.8 Å². The first kappa shape index (κ1) is 33.1. The quantitative estimate of drug-likeness (QED) is 0.119. The summed E-state index contributed by atoms with van der Waals surface area (Å²) in [6, 6.07) is 16.0. The number of nitro groups is 1. The van der Waals surface area contributed by atoms with Crippen LogP contribution < -0.4 is 29.1 Å². The highest BCUT2D eigenvalue weighted by Crippen LogP contribution is 2.38. The van der Waals surface area contributed by atoms with Gasteiger partial charge in [0.05, 0.1) is 57.5 Å². The first-order chi connectivity index (χ1) is 22.7. The van der Waals surface area contributed by atoms with Crippen LogP contribution in [0.2, 0.25) is 0 Å². The number of nitrogens with zero attached hydrogens (tertiary/aromatic N) is 4. The third-order valence-electron chi connectivity index (χ3n) is 7.06. The van der Waals surface area contributed by atoms with Gasteiger partial charge in [0.15, 0.2) is 16.3 Å². The van der Waals surface area contributed by atoms with Crippen molar-refractivity contribution >= 4 is 45.0 Å². The van der Waals surface area contributed by atoms with Crippen LogP contribution in [0.4, 0.5) is 5.69 Å². The molecule has 4 aromatic rings. The maximum Gasteiger partial charge on any atom is 0.337 e. The highest BCUT2D eigenvalue weighted by Gasteiger charge is 2.31. The molecule has 0 spiro atoms. The molecule has 14 heteroatoms. The monoisotopic (exact) mass is 718 g/mol. The molecule has 2 heterocycles. The Balaban J connectivity index is 1.59. The standard InChI is InChI=1S/C33H27BrN4O8S/c1-4-44-26-11-10-20(15-27(26)45-5-2)29-23(32(40)43-3)17-36-33-37(29)31(39)28(47-33)14-19-12-24(34)30(25(13-19)38(41)42)46-18-22-9-7-6-8-21(22)16-35/h6-15,17,29H,4-5,18H2,1-3H3/b28-14+/t29-/m0/s1. The number of hydrogen-bond donors (Lipinski definition) is 0. The molecule has 0 aliphatic carbocycles. The summed E-state index contributed by atoms with van der Waals surface area (Å²) in [4.78, 5) is 43.1. The van der Waals surface area contributed by atoms with E-state index >= 15 is 0 Å². The predicted molar refractivity (Wildman–Crippen MR) is 176 cm³/mol. The second-order valence-electron chi connectivity index (χ2n) is 9.91. The van der Waals surface area contributed by atoms with Crippen LogP contribution >= 0.6 is 27.3 Å². The lowest BCUT2D eigenvalue weighted by molar-refractivity contribution is -0.386. The van der Waals surface area contributed by atoms with Crippen molar-refractivity contribution in [2.24, 2.45) is 4.99 Å². The molecule has 0 saturated heterocycles. The number of methoxy groups -OCH3 is 1. The van der Waals surface area contributed by atoms with E-state index in [2.05, 4.69) is 27.0 Å². The molecule has 1 aliphatic heterocycles. The maximum absolute atomic E-state index is 14.0. The number of fused-ring (bicyclic) bond motifs is 1. The SMILES string of the molecule is CCOc1ccc([C@H]2C(C(=O)OC)=CN=c3s/c(=C/c4cc(Br)c(OCc5ccccc5C#N)c([N+](=O)[O-])c4)c(=O)n32)cc1OCC. The largest absolute Gasteiger partial charge is 0.490 e. The summed E-state index contributed by atoms with van der Waals surface area (Å²) in [6.45, 7) is 4.40. The first-order valence-corrected chi connectivity index (χ1v) is 15.9. The molecule has 1 atom stereocenters. The van der Waals surface area contributed by atoms with Gasteiger partial charge < -0.3 is 18.9 Å². The molecule has 3 aromatic carbocycles. The number of carbonyl (C=O) groups is 1. The van der Waals surface area contributed by atoms with E-state index in [1.165, 1.54) is 30.0 Å². The molecule has 12 nitrogen and oxygen atoms in total. The second kappa shape index (κ2) is 14.4. The van der Waals surface area contributed by atoms with Crippen LogP contribution in [-0.4, -0.2) is 35.8 Å². The summed E-state index contributed by atoms with van der Waals surface area (Å²) >= 11 is 4.44. The predicted octanol–water partition coefficient (Wildman–Crippen LogP) is 4.94. The number of carbonyl (C=O) groups excluding carboxylic acids is 1. The zero-order chi connectivity index (χ0) is 33.7. The van der Waals surface area contributed by atoms with Crippen molar-refractivity contribution in [2.75, 3.05) is 20.3 Å². The van der Waals surface area contributed by atoms with Crippen molar-refractivity contribution < 1.29 is 28.7 Å². The van der Waals surface area contributed by atoms with Crippen molar-refractivity contribution in [1.29, 1.82) is 5.26 Å². The van der Waals surface area contributed by atoms with Gasteiger partial charge in [-0.25, -0.2) is 9.79 Å². The third-order valence-corrected chi connectivity index (χ3v) is 8.64. The smallest absolute Gasteiger partial charge is 0.337 e. The van der Waals surface area contributed by atoms with Crippen LogP contribution in [0, 0.1) is 21.4 Å². The van der Waals surface area contributed by atoms with E-state index in [1.807, 2.05) is 13.8 Å². The van der Waals surface area contributed by atoms with Crippen molar-refractivity contribution in [3.8, 4) is 23.3 Å². The highest BCUT2D eigenvalue weighted by atomic mass is 79.9. The van der Waals surface area contributed by atoms with E-state index in [-0.39, 0.29) is 32.6 Å². The molecule has 1 aliphatic rings. The normalized spacial score (nSPS) is 13.9. The van der Waals surface area contributed by atoms with E-state index in [0.717, 1.165) is 11.3 Å². The molecule has 0 bridgehead atoms. The van der Waals surface area contributed by atoms with Gasteiger partial charge in [-0.2, -0.15) is 5.26 Å². The summed E-state index contributed by atoms with van der Waals surface area (Å²) in [6.07, 6.45) is 2.89. The fourth-order valence-corrected chi connectivity index (χ4v) is 6.56. The topological polar surface area (TPSA) is 155 Å². The Kier molecular flexibility index (Phi) is 10.2. The van der Waals surface area contributed by atoms with Gasteiger partial charge in [-0.3, -0.25) is 19.5 Å². The average molecular weight is 720 g/mol. The Morgan fingerprint density at radius 3 is 2.57 bits per heavy atom. The number of thiazole rings is 1. The molecule has 0 radical (unpaired) electrons. The molecule has 5 rings (SSSR count). The molecule has 0 fully saturated rings. The number of halogens is 1. The van der Waals surface area contributed by atoms with Crippen molar-refractivity contribution in [3.63, 3.8) is 0 Å². The molecule has 0 saturated carbocycles. The van der Waals surface area contributed by atoms with Crippen LogP contribution in [-0.2, 0) is 16.1 Å². The third kappa shape index (κ3) is 6.81. The van der Waals surface area contributed by atoms with Gasteiger partial charge in [0.2, 0.25) is 5.75 Å². The summed E-state index contributed by atoms with van der Waals surface area (Å²) in [7, 11) is 1.25. The van der Waals surface area contributed by atoms with Crippen molar-refractivity contribution in [3.05, 3.63) is 123 Å². The molecule has 1 aromatic heterocycles. The number of aromatic nitrogens is 1. The lowest BCUT2D eigenvalue weighted by atomic mass is 9.97. The van der Waals surface area contributed by atoms with Crippen molar-refractivity contribution in [2.45, 2.75) is 26.5 Å². The Hall–Kier alpha value is -5.26. The van der Waals surface area contributed by atoms with Gasteiger partial charge in [-0.1, -0.05) is 35.6 Å². The molecule has 47 heavy (non-hydrogen) atoms. The molecule has 240 valence electrons. The lowest BCUT2D eigenvalue weighted by Gasteiger charge is -2.23. The van der Waals surface area contributed by atoms with Crippen LogP contribution in [0.1, 0.15) is 42.1 Å². The molecular weight excluding hydrogens is 692 g/mol. The van der Waals surface area contributed by atoms with Gasteiger partial charge in [-0.15, -0.1) is 0 Å². The van der Waals surface area contributed by atoms with Gasteiger partial charge in [-0.05, 0) is 71.2 Å². The van der Waals surface area contributed by atoms with Crippen LogP contribution in [0.3, 0.4) is 0 Å². The summed E-state index contributed by atoms with van der Waals surface area (Å²) < 4.78 is 24.2. The Morgan fingerprint density at radius 2 is 1.87 bits per heavy atom.